The van der Waals surface area contributed by atoms with E-state index >= 15 is 0 Å². The molecule has 0 saturated heterocycles. The van der Waals surface area contributed by atoms with Crippen LogP contribution in [0.3, 0.4) is 0 Å². The van der Waals surface area contributed by atoms with Crippen LogP contribution in [0.5, 0.6) is 0 Å². The number of hydrogen-bond acceptors (Lipinski definition) is 2. The molecule has 0 aromatic carbocycles. The molecule has 2 heteroatoms. The first kappa shape index (κ1) is 14.7. The van der Waals surface area contributed by atoms with Gasteiger partial charge in [0.05, 0.1) is 0 Å². The summed E-state index contributed by atoms with van der Waals surface area (Å²) in [7, 11) is 0. The van der Waals surface area contributed by atoms with E-state index in [-0.39, 0.29) is 0 Å². The molecule has 0 spiro atoms. The van der Waals surface area contributed by atoms with Gasteiger partial charge >= 0.3 is 0 Å². The van der Waals surface area contributed by atoms with Crippen LogP contribution in [0.4, 0.5) is 0 Å². The molecule has 0 radical (unpaired) electrons. The van der Waals surface area contributed by atoms with Crippen molar-refractivity contribution in [2.75, 3.05) is 17.3 Å². The predicted molar refractivity (Wildman–Crippen MR) is 73.7 cm³/mol. The molecule has 0 fully saturated rings. The van der Waals surface area contributed by atoms with Crippen molar-refractivity contribution in [1.29, 1.82) is 0 Å². The highest BCUT2D eigenvalue weighted by Crippen LogP contribution is 2.22. The molecule has 1 atom stereocenters. The summed E-state index contributed by atoms with van der Waals surface area (Å²) in [4.78, 5) is 0. The lowest BCUT2D eigenvalue weighted by atomic mass is 10.2. The van der Waals surface area contributed by atoms with Crippen LogP contribution in [-0.2, 0) is 0 Å². The van der Waals surface area contributed by atoms with Gasteiger partial charge in [-0.3, -0.25) is 0 Å². The van der Waals surface area contributed by atoms with Crippen LogP contribution < -0.4 is 0 Å². The minimum Gasteiger partial charge on any atom is -0.161 e. The van der Waals surface area contributed by atoms with E-state index in [0.717, 1.165) is 5.25 Å². The lowest BCUT2D eigenvalue weighted by molar-refractivity contribution is 0.716. The van der Waals surface area contributed by atoms with Crippen molar-refractivity contribution in [2.24, 2.45) is 0 Å². The minimum absolute atomic E-state index is 0.923. The third kappa shape index (κ3) is 9.26. The molecule has 0 aromatic heterocycles. The van der Waals surface area contributed by atoms with Crippen LogP contribution in [-0.4, -0.2) is 22.5 Å². The Hall–Kier alpha value is 0.700. The molecule has 0 rings (SSSR count). The van der Waals surface area contributed by atoms with Crippen LogP contribution >= 0.6 is 23.5 Å². The van der Waals surface area contributed by atoms with Gasteiger partial charge in [-0.25, -0.2) is 0 Å². The Bertz CT molecular complexity index is 96.5. The third-order valence-corrected chi connectivity index (χ3v) is 5.15. The molecule has 1 unspecified atom stereocenters. The Kier molecular flexibility index (Phi) is 12.4. The van der Waals surface area contributed by atoms with Gasteiger partial charge in [-0.1, -0.05) is 33.6 Å². The fourth-order valence-corrected chi connectivity index (χ4v) is 3.75. The average Bonchev–Trinajstić information content (AvgIpc) is 2.21. The van der Waals surface area contributed by atoms with E-state index in [1.165, 1.54) is 49.4 Å². The summed E-state index contributed by atoms with van der Waals surface area (Å²) in [5, 5.41) is 0.923. The Morgan fingerprint density at radius 3 is 2.21 bits per heavy atom. The van der Waals surface area contributed by atoms with Crippen molar-refractivity contribution in [2.45, 2.75) is 58.1 Å². The maximum Gasteiger partial charge on any atom is 0.0138 e. The van der Waals surface area contributed by atoms with E-state index in [9.17, 15) is 0 Å². The van der Waals surface area contributed by atoms with Gasteiger partial charge in [0.15, 0.2) is 0 Å². The molecule has 0 aliphatic rings. The lowest BCUT2D eigenvalue weighted by Gasteiger charge is -2.15. The SMILES string of the molecule is CCCCC(CSCCC)SCCC. The molecule has 0 nitrogen and oxygen atoms in total. The van der Waals surface area contributed by atoms with Crippen LogP contribution in [0.15, 0.2) is 0 Å². The van der Waals surface area contributed by atoms with Crippen LogP contribution in [0.1, 0.15) is 52.9 Å². The minimum atomic E-state index is 0.923. The molecular weight excluding hydrogens is 208 g/mol. The van der Waals surface area contributed by atoms with Crippen molar-refractivity contribution >= 4 is 23.5 Å². The summed E-state index contributed by atoms with van der Waals surface area (Å²) in [5.74, 6) is 4.06. The van der Waals surface area contributed by atoms with Gasteiger partial charge in [0, 0.05) is 11.0 Å². The molecule has 0 bridgehead atoms. The molecule has 0 aliphatic carbocycles. The van der Waals surface area contributed by atoms with Crippen molar-refractivity contribution in [3.8, 4) is 0 Å². The monoisotopic (exact) mass is 234 g/mol. The van der Waals surface area contributed by atoms with Gasteiger partial charge < -0.3 is 0 Å². The van der Waals surface area contributed by atoms with Crippen molar-refractivity contribution in [3.05, 3.63) is 0 Å². The first-order valence-electron chi connectivity index (χ1n) is 6.04. The van der Waals surface area contributed by atoms with E-state index in [2.05, 4.69) is 44.3 Å². The van der Waals surface area contributed by atoms with E-state index in [4.69, 9.17) is 0 Å². The number of unbranched alkanes of at least 4 members (excludes halogenated alkanes) is 1. The fraction of sp³-hybridized carbons (Fsp3) is 1.00. The van der Waals surface area contributed by atoms with Crippen molar-refractivity contribution < 1.29 is 0 Å². The fourth-order valence-electron chi connectivity index (χ4n) is 1.29. The molecule has 0 heterocycles. The lowest BCUT2D eigenvalue weighted by Crippen LogP contribution is -2.07. The maximum absolute atomic E-state index is 2.29. The van der Waals surface area contributed by atoms with E-state index in [1.807, 2.05) is 0 Å². The Morgan fingerprint density at radius 1 is 0.929 bits per heavy atom. The Morgan fingerprint density at radius 2 is 1.64 bits per heavy atom. The number of hydrogen-bond donors (Lipinski definition) is 0. The summed E-state index contributed by atoms with van der Waals surface area (Å²) in [6.07, 6.45) is 6.84. The van der Waals surface area contributed by atoms with Crippen LogP contribution in [0.25, 0.3) is 0 Å². The molecule has 0 aromatic rings. The first-order chi connectivity index (χ1) is 6.85. The highest BCUT2D eigenvalue weighted by Gasteiger charge is 2.07. The summed E-state index contributed by atoms with van der Waals surface area (Å²) in [6, 6.07) is 0. The van der Waals surface area contributed by atoms with Gasteiger partial charge in [-0.15, -0.1) is 0 Å². The largest absolute Gasteiger partial charge is 0.161 e. The molecular formula is C12H26S2. The molecule has 0 amide bonds. The Labute approximate surface area is 99.0 Å². The van der Waals surface area contributed by atoms with E-state index in [1.54, 1.807) is 0 Å². The predicted octanol–water partition coefficient (Wildman–Crippen LogP) is 4.83. The van der Waals surface area contributed by atoms with Crippen molar-refractivity contribution in [3.63, 3.8) is 0 Å². The van der Waals surface area contributed by atoms with Gasteiger partial charge in [0.2, 0.25) is 0 Å². The topological polar surface area (TPSA) is 0 Å². The third-order valence-electron chi connectivity index (χ3n) is 2.09. The zero-order valence-electron chi connectivity index (χ0n) is 10.1. The average molecular weight is 234 g/mol. The standard InChI is InChI=1S/C12H26S2/c1-4-7-8-12(14-10-6-3)11-13-9-5-2/h12H,4-11H2,1-3H3. The van der Waals surface area contributed by atoms with Gasteiger partial charge in [0.25, 0.3) is 0 Å². The molecule has 14 heavy (non-hydrogen) atoms. The van der Waals surface area contributed by atoms with Gasteiger partial charge in [0.1, 0.15) is 0 Å². The molecule has 0 N–H and O–H groups in total. The zero-order valence-corrected chi connectivity index (χ0v) is 11.7. The summed E-state index contributed by atoms with van der Waals surface area (Å²) >= 11 is 4.33. The second-order valence-electron chi connectivity index (χ2n) is 3.71. The molecule has 0 aliphatic heterocycles. The maximum atomic E-state index is 2.29. The van der Waals surface area contributed by atoms with Gasteiger partial charge in [-0.05, 0) is 30.8 Å². The second-order valence-corrected chi connectivity index (χ2v) is 6.27. The van der Waals surface area contributed by atoms with Gasteiger partial charge in [-0.2, -0.15) is 23.5 Å². The second kappa shape index (κ2) is 11.8. The summed E-state index contributed by atoms with van der Waals surface area (Å²) < 4.78 is 0. The zero-order chi connectivity index (χ0) is 10.6. The quantitative estimate of drug-likeness (QED) is 0.497. The number of thioether (sulfide) groups is 2. The van der Waals surface area contributed by atoms with E-state index in [0.29, 0.717) is 0 Å². The highest BCUT2D eigenvalue weighted by atomic mass is 32.2. The summed E-state index contributed by atoms with van der Waals surface area (Å²) in [6.45, 7) is 6.84. The first-order valence-corrected chi connectivity index (χ1v) is 8.24. The Balaban J connectivity index is 3.49. The molecule has 0 saturated carbocycles. The van der Waals surface area contributed by atoms with Crippen LogP contribution in [0, 0.1) is 0 Å². The number of rotatable bonds is 10. The normalized spacial score (nSPS) is 13.1. The van der Waals surface area contributed by atoms with Crippen molar-refractivity contribution in [1.82, 2.24) is 0 Å². The smallest absolute Gasteiger partial charge is 0.0138 e. The van der Waals surface area contributed by atoms with E-state index < -0.39 is 0 Å². The summed E-state index contributed by atoms with van der Waals surface area (Å²) in [5.41, 5.74) is 0. The highest BCUT2D eigenvalue weighted by molar-refractivity contribution is 8.03. The molecule has 86 valence electrons. The van der Waals surface area contributed by atoms with Crippen LogP contribution in [0.2, 0.25) is 0 Å².